The number of hydrogen-bond donors (Lipinski definition) is 1. The third-order valence-electron chi connectivity index (χ3n) is 3.66. The first kappa shape index (κ1) is 17.8. The van der Waals surface area contributed by atoms with Gasteiger partial charge in [0.25, 0.3) is 0 Å². The third-order valence-corrected chi connectivity index (χ3v) is 3.66. The SMILES string of the molecule is CCC(C)CN(C)c1ccc(CC(C)N)c(C(F)(F)F)c1. The van der Waals surface area contributed by atoms with Gasteiger partial charge in [-0.25, -0.2) is 0 Å². The number of hydrogen-bond acceptors (Lipinski definition) is 2. The number of benzene rings is 1. The first-order valence-corrected chi connectivity index (χ1v) is 7.32. The molecule has 2 unspecified atom stereocenters. The second-order valence-electron chi connectivity index (χ2n) is 5.91. The van der Waals surface area contributed by atoms with Crippen molar-refractivity contribution in [3.8, 4) is 0 Å². The minimum atomic E-state index is -4.35. The van der Waals surface area contributed by atoms with Crippen LogP contribution in [0.4, 0.5) is 18.9 Å². The van der Waals surface area contributed by atoms with Gasteiger partial charge in [-0.05, 0) is 37.0 Å². The molecular weight excluding hydrogens is 277 g/mol. The molecule has 2 nitrogen and oxygen atoms in total. The van der Waals surface area contributed by atoms with E-state index in [4.69, 9.17) is 5.73 Å². The van der Waals surface area contributed by atoms with Crippen molar-refractivity contribution in [2.24, 2.45) is 11.7 Å². The van der Waals surface area contributed by atoms with E-state index in [1.54, 1.807) is 19.1 Å². The summed E-state index contributed by atoms with van der Waals surface area (Å²) < 4.78 is 39.6. The Bertz CT molecular complexity index is 455. The molecule has 2 atom stereocenters. The van der Waals surface area contributed by atoms with Gasteiger partial charge in [0.05, 0.1) is 5.56 Å². The molecule has 0 aliphatic carbocycles. The maximum atomic E-state index is 13.2. The van der Waals surface area contributed by atoms with Crippen molar-refractivity contribution in [2.45, 2.75) is 45.8 Å². The Balaban J connectivity index is 3.09. The number of anilines is 1. The number of rotatable bonds is 6. The van der Waals surface area contributed by atoms with Gasteiger partial charge < -0.3 is 10.6 Å². The molecule has 1 aromatic carbocycles. The second-order valence-corrected chi connectivity index (χ2v) is 5.91. The average Bonchev–Trinajstić information content (AvgIpc) is 2.36. The minimum absolute atomic E-state index is 0.226. The topological polar surface area (TPSA) is 29.3 Å². The predicted octanol–water partition coefficient (Wildman–Crippen LogP) is 4.08. The van der Waals surface area contributed by atoms with Crippen molar-refractivity contribution in [1.29, 1.82) is 0 Å². The van der Waals surface area contributed by atoms with Gasteiger partial charge in [0.15, 0.2) is 0 Å². The van der Waals surface area contributed by atoms with Crippen molar-refractivity contribution in [3.63, 3.8) is 0 Å². The Hall–Kier alpha value is -1.23. The summed E-state index contributed by atoms with van der Waals surface area (Å²) in [6, 6.07) is 4.24. The zero-order valence-electron chi connectivity index (χ0n) is 13.2. The van der Waals surface area contributed by atoms with Gasteiger partial charge in [0, 0.05) is 25.3 Å². The molecule has 0 bridgehead atoms. The first-order chi connectivity index (χ1) is 9.65. The van der Waals surface area contributed by atoms with E-state index in [-0.39, 0.29) is 18.0 Å². The molecule has 5 heteroatoms. The van der Waals surface area contributed by atoms with Crippen LogP contribution in [-0.4, -0.2) is 19.6 Å². The number of nitrogens with two attached hydrogens (primary N) is 1. The van der Waals surface area contributed by atoms with Crippen LogP contribution in [-0.2, 0) is 12.6 Å². The molecule has 0 aliphatic heterocycles. The molecular formula is C16H25F3N2. The molecule has 1 rings (SSSR count). The summed E-state index contributed by atoms with van der Waals surface area (Å²) >= 11 is 0. The van der Waals surface area contributed by atoms with Gasteiger partial charge in [-0.1, -0.05) is 26.3 Å². The molecule has 0 fully saturated rings. The summed E-state index contributed by atoms with van der Waals surface area (Å²) in [7, 11) is 1.83. The van der Waals surface area contributed by atoms with E-state index in [1.165, 1.54) is 6.07 Å². The van der Waals surface area contributed by atoms with E-state index in [0.29, 0.717) is 11.6 Å². The van der Waals surface area contributed by atoms with Crippen LogP contribution in [0.3, 0.4) is 0 Å². The van der Waals surface area contributed by atoms with Crippen LogP contribution >= 0.6 is 0 Å². The van der Waals surface area contributed by atoms with Gasteiger partial charge in [-0.2, -0.15) is 13.2 Å². The first-order valence-electron chi connectivity index (χ1n) is 7.32. The molecule has 0 aliphatic rings. The standard InChI is InChI=1S/C16H25F3N2/c1-5-11(2)10-21(4)14-7-6-13(8-12(3)20)15(9-14)16(17,18)19/h6-7,9,11-12H,5,8,10,20H2,1-4H3. The van der Waals surface area contributed by atoms with E-state index in [9.17, 15) is 13.2 Å². The van der Waals surface area contributed by atoms with Crippen LogP contribution in [0.5, 0.6) is 0 Å². The molecule has 2 N–H and O–H groups in total. The number of alkyl halides is 3. The Morgan fingerprint density at radius 1 is 1.24 bits per heavy atom. The van der Waals surface area contributed by atoms with Crippen molar-refractivity contribution < 1.29 is 13.2 Å². The highest BCUT2D eigenvalue weighted by Gasteiger charge is 2.33. The van der Waals surface area contributed by atoms with E-state index < -0.39 is 11.7 Å². The van der Waals surface area contributed by atoms with Crippen molar-refractivity contribution >= 4 is 5.69 Å². The van der Waals surface area contributed by atoms with Crippen LogP contribution in [0, 0.1) is 5.92 Å². The lowest BCUT2D eigenvalue weighted by Gasteiger charge is -2.25. The smallest absolute Gasteiger partial charge is 0.374 e. The number of halogens is 3. The van der Waals surface area contributed by atoms with Gasteiger partial charge >= 0.3 is 6.18 Å². The molecule has 21 heavy (non-hydrogen) atoms. The van der Waals surface area contributed by atoms with Crippen LogP contribution in [0.1, 0.15) is 38.3 Å². The molecule has 1 aromatic rings. The van der Waals surface area contributed by atoms with Crippen molar-refractivity contribution in [1.82, 2.24) is 0 Å². The van der Waals surface area contributed by atoms with E-state index in [2.05, 4.69) is 13.8 Å². The zero-order valence-corrected chi connectivity index (χ0v) is 13.2. The highest BCUT2D eigenvalue weighted by Crippen LogP contribution is 2.35. The fourth-order valence-electron chi connectivity index (χ4n) is 2.29. The highest BCUT2D eigenvalue weighted by molar-refractivity contribution is 5.51. The summed E-state index contributed by atoms with van der Waals surface area (Å²) in [4.78, 5) is 1.87. The normalized spacial score (nSPS) is 14.9. The van der Waals surface area contributed by atoms with Gasteiger partial charge in [0.2, 0.25) is 0 Å². The summed E-state index contributed by atoms with van der Waals surface area (Å²) in [5.74, 6) is 0.438. The Morgan fingerprint density at radius 2 is 1.86 bits per heavy atom. The molecule has 0 heterocycles. The molecule has 0 amide bonds. The van der Waals surface area contributed by atoms with Crippen LogP contribution in [0.2, 0.25) is 0 Å². The Labute approximate surface area is 125 Å². The van der Waals surface area contributed by atoms with Crippen LogP contribution < -0.4 is 10.6 Å². The molecule has 0 spiro atoms. The minimum Gasteiger partial charge on any atom is -0.374 e. The van der Waals surface area contributed by atoms with Crippen molar-refractivity contribution in [2.75, 3.05) is 18.5 Å². The fourth-order valence-corrected chi connectivity index (χ4v) is 2.29. The molecule has 0 aromatic heterocycles. The summed E-state index contributed by atoms with van der Waals surface area (Å²) in [5, 5.41) is 0. The maximum absolute atomic E-state index is 13.2. The molecule has 0 saturated heterocycles. The number of nitrogens with zero attached hydrogens (tertiary/aromatic N) is 1. The predicted molar refractivity (Wildman–Crippen MR) is 81.5 cm³/mol. The van der Waals surface area contributed by atoms with Crippen LogP contribution in [0.25, 0.3) is 0 Å². The maximum Gasteiger partial charge on any atom is 0.416 e. The lowest BCUT2D eigenvalue weighted by molar-refractivity contribution is -0.138. The molecule has 0 radical (unpaired) electrons. The molecule has 120 valence electrons. The summed E-state index contributed by atoms with van der Waals surface area (Å²) in [6.07, 6.45) is -3.12. The Kier molecular flexibility index (Phi) is 6.08. The monoisotopic (exact) mass is 302 g/mol. The largest absolute Gasteiger partial charge is 0.416 e. The zero-order chi connectivity index (χ0) is 16.2. The lowest BCUT2D eigenvalue weighted by atomic mass is 9.99. The molecule has 0 saturated carbocycles. The second kappa shape index (κ2) is 7.16. The van der Waals surface area contributed by atoms with E-state index in [1.807, 2.05) is 11.9 Å². The fraction of sp³-hybridized carbons (Fsp3) is 0.625. The Morgan fingerprint density at radius 3 is 2.33 bits per heavy atom. The van der Waals surface area contributed by atoms with Crippen molar-refractivity contribution in [3.05, 3.63) is 29.3 Å². The van der Waals surface area contributed by atoms with Gasteiger partial charge in [-0.3, -0.25) is 0 Å². The van der Waals surface area contributed by atoms with E-state index in [0.717, 1.165) is 13.0 Å². The van der Waals surface area contributed by atoms with Gasteiger partial charge in [-0.15, -0.1) is 0 Å². The highest BCUT2D eigenvalue weighted by atomic mass is 19.4. The quantitative estimate of drug-likeness (QED) is 0.858. The summed E-state index contributed by atoms with van der Waals surface area (Å²) in [6.45, 7) is 6.61. The lowest BCUT2D eigenvalue weighted by Crippen LogP contribution is -2.25. The van der Waals surface area contributed by atoms with Crippen LogP contribution in [0.15, 0.2) is 18.2 Å². The van der Waals surface area contributed by atoms with Gasteiger partial charge in [0.1, 0.15) is 0 Å². The average molecular weight is 302 g/mol. The summed E-state index contributed by atoms with van der Waals surface area (Å²) in [5.41, 5.74) is 5.92. The van der Waals surface area contributed by atoms with E-state index >= 15 is 0 Å². The third kappa shape index (κ3) is 5.23.